The monoisotopic (exact) mass is 564 g/mol. The molecular weight excluding hydrogens is 532 g/mol. The maximum atomic E-state index is 13.7. The number of nitro groups is 1. The number of fused-ring (bicyclic) bond motifs is 3. The van der Waals surface area contributed by atoms with Gasteiger partial charge in [-0.25, -0.2) is 4.90 Å². The number of halogens is 1. The third-order valence-electron chi connectivity index (χ3n) is 8.38. The number of allylic oxidation sites excluding steroid dienone is 2. The van der Waals surface area contributed by atoms with Crippen LogP contribution in [0.15, 0.2) is 59.2 Å². The zero-order valence-corrected chi connectivity index (χ0v) is 23.4. The van der Waals surface area contributed by atoms with Crippen LogP contribution in [0.2, 0.25) is 5.02 Å². The number of aromatic hydroxyl groups is 1. The van der Waals surface area contributed by atoms with Crippen LogP contribution in [0.5, 0.6) is 5.75 Å². The van der Waals surface area contributed by atoms with Gasteiger partial charge in [-0.15, -0.1) is 0 Å². The van der Waals surface area contributed by atoms with E-state index in [1.54, 1.807) is 18.2 Å². The number of nitrogens with zero attached hydrogens (tertiary/aromatic N) is 2. The zero-order valence-electron chi connectivity index (χ0n) is 22.6. The fourth-order valence-electron chi connectivity index (χ4n) is 6.53. The number of phenols is 1. The van der Waals surface area contributed by atoms with E-state index in [1.807, 2.05) is 0 Å². The Morgan fingerprint density at radius 3 is 2.67 bits per heavy atom. The number of ether oxygens (including phenoxy) is 1. The third-order valence-corrected chi connectivity index (χ3v) is 8.71. The van der Waals surface area contributed by atoms with E-state index in [2.05, 4.69) is 19.9 Å². The smallest absolute Gasteiger partial charge is 0.271 e. The van der Waals surface area contributed by atoms with Gasteiger partial charge in [0.2, 0.25) is 11.8 Å². The number of carbonyl (C=O) groups is 2. The van der Waals surface area contributed by atoms with Crippen LogP contribution in [0.3, 0.4) is 0 Å². The molecule has 0 aromatic heterocycles. The molecule has 0 radical (unpaired) electrons. The number of rotatable bonds is 9. The molecule has 9 heteroatoms. The molecule has 0 unspecified atom stereocenters. The molecule has 2 aromatic rings. The summed E-state index contributed by atoms with van der Waals surface area (Å²) in [7, 11) is 0. The van der Waals surface area contributed by atoms with Crippen molar-refractivity contribution in [2.75, 3.05) is 11.5 Å². The summed E-state index contributed by atoms with van der Waals surface area (Å²) in [5.74, 6) is -1.63. The van der Waals surface area contributed by atoms with Crippen molar-refractivity contribution in [3.8, 4) is 5.75 Å². The number of benzene rings is 2. The second-order valence-corrected chi connectivity index (χ2v) is 11.2. The van der Waals surface area contributed by atoms with E-state index >= 15 is 0 Å². The maximum absolute atomic E-state index is 13.7. The van der Waals surface area contributed by atoms with Crippen molar-refractivity contribution in [1.29, 1.82) is 0 Å². The summed E-state index contributed by atoms with van der Waals surface area (Å²) in [4.78, 5) is 39.3. The Balaban J connectivity index is 1.39. The standard InChI is InChI=1S/C31H33ClN2O6/c1-3-6-20-14-24-29(31(37)33(30(24)36)21-7-5-8-22(15-21)34(38)39)25-17-40-27(28(20)25)12-9-18(4-2)13-19-10-11-23(35)16-26(19)32/h5,7-8,10-11,13,15-16,24-25,27,29,35H,3-4,6,9,12,14,17H2,1-2H3/b18-13+/t24-,25+,27-,29-/m1/s1. The van der Waals surface area contributed by atoms with E-state index in [4.69, 9.17) is 16.3 Å². The molecule has 210 valence electrons. The quantitative estimate of drug-likeness (QED) is 0.154. The van der Waals surface area contributed by atoms with E-state index in [0.717, 1.165) is 42.6 Å². The largest absolute Gasteiger partial charge is 0.508 e. The van der Waals surface area contributed by atoms with Gasteiger partial charge in [0, 0.05) is 18.1 Å². The Kier molecular flexibility index (Phi) is 8.10. The first-order valence-corrected chi connectivity index (χ1v) is 14.2. The molecule has 8 nitrogen and oxygen atoms in total. The molecule has 0 spiro atoms. The highest BCUT2D eigenvalue weighted by Gasteiger charge is 2.57. The number of non-ortho nitro benzene ring substituents is 1. The summed E-state index contributed by atoms with van der Waals surface area (Å²) in [6, 6.07) is 10.7. The van der Waals surface area contributed by atoms with E-state index in [1.165, 1.54) is 41.0 Å². The highest BCUT2D eigenvalue weighted by Crippen LogP contribution is 2.51. The molecule has 2 aromatic carbocycles. The van der Waals surface area contributed by atoms with Crippen molar-refractivity contribution in [1.82, 2.24) is 0 Å². The van der Waals surface area contributed by atoms with Crippen molar-refractivity contribution in [2.45, 2.75) is 58.5 Å². The van der Waals surface area contributed by atoms with Gasteiger partial charge in [0.25, 0.3) is 5.69 Å². The van der Waals surface area contributed by atoms with E-state index < -0.39 is 16.8 Å². The van der Waals surface area contributed by atoms with Gasteiger partial charge in [0.1, 0.15) is 5.75 Å². The molecule has 40 heavy (non-hydrogen) atoms. The summed E-state index contributed by atoms with van der Waals surface area (Å²) in [6.45, 7) is 4.58. The topological polar surface area (TPSA) is 110 Å². The minimum Gasteiger partial charge on any atom is -0.508 e. The van der Waals surface area contributed by atoms with Gasteiger partial charge in [-0.1, -0.05) is 55.2 Å². The zero-order chi connectivity index (χ0) is 28.6. The SMILES string of the molecule is CCCC1=C2[C@@H](CC/C(=C/c3ccc(O)cc3Cl)CC)OC[C@@H]2[C@@H]2C(=O)N(c3cccc([N+](=O)[O-])c3)C(=O)[C@@H]2C1. The fourth-order valence-corrected chi connectivity index (χ4v) is 6.76. The lowest BCUT2D eigenvalue weighted by Crippen LogP contribution is -2.34. The van der Waals surface area contributed by atoms with Crippen molar-refractivity contribution < 1.29 is 24.4 Å². The van der Waals surface area contributed by atoms with E-state index in [-0.39, 0.29) is 41.0 Å². The molecule has 2 fully saturated rings. The minimum absolute atomic E-state index is 0.126. The maximum Gasteiger partial charge on any atom is 0.271 e. The number of carbonyl (C=O) groups excluding carboxylic acids is 2. The predicted molar refractivity (Wildman–Crippen MR) is 153 cm³/mol. The molecule has 4 atom stereocenters. The number of hydrogen-bond donors (Lipinski definition) is 1. The van der Waals surface area contributed by atoms with E-state index in [9.17, 15) is 24.8 Å². The van der Waals surface area contributed by atoms with E-state index in [0.29, 0.717) is 18.1 Å². The molecule has 3 aliphatic rings. The number of hydrogen-bond acceptors (Lipinski definition) is 6. The van der Waals surface area contributed by atoms with Gasteiger partial charge in [0.15, 0.2) is 0 Å². The van der Waals surface area contributed by atoms with Crippen molar-refractivity contribution in [3.05, 3.63) is 79.9 Å². The fraction of sp³-hybridized carbons (Fsp3) is 0.419. The molecule has 2 heterocycles. The summed E-state index contributed by atoms with van der Waals surface area (Å²) in [5, 5.41) is 21.5. The Hall–Kier alpha value is -3.49. The van der Waals surface area contributed by atoms with Gasteiger partial charge < -0.3 is 9.84 Å². The molecule has 1 aliphatic carbocycles. The van der Waals surface area contributed by atoms with Gasteiger partial charge >= 0.3 is 0 Å². The Morgan fingerprint density at radius 1 is 1.18 bits per heavy atom. The lowest BCUT2D eigenvalue weighted by Gasteiger charge is -2.32. The molecule has 0 bridgehead atoms. The van der Waals surface area contributed by atoms with Gasteiger partial charge in [-0.2, -0.15) is 0 Å². The number of nitro benzene ring substituents is 1. The second kappa shape index (κ2) is 11.6. The Morgan fingerprint density at radius 2 is 1.98 bits per heavy atom. The summed E-state index contributed by atoms with van der Waals surface area (Å²) in [5.41, 5.74) is 4.53. The molecule has 2 aliphatic heterocycles. The van der Waals surface area contributed by atoms with Crippen LogP contribution >= 0.6 is 11.6 Å². The molecule has 0 saturated carbocycles. The van der Waals surface area contributed by atoms with Crippen LogP contribution in [0.25, 0.3) is 6.08 Å². The van der Waals surface area contributed by atoms with Crippen LogP contribution in [-0.4, -0.2) is 34.6 Å². The van der Waals surface area contributed by atoms with Crippen LogP contribution in [0.1, 0.15) is 57.9 Å². The summed E-state index contributed by atoms with van der Waals surface area (Å²) in [6.07, 6.45) is 6.58. The molecular formula is C31H33ClN2O6. The molecule has 1 N–H and O–H groups in total. The number of phenolic OH excluding ortho intramolecular Hbond substituents is 1. The van der Waals surface area contributed by atoms with Crippen LogP contribution in [-0.2, 0) is 14.3 Å². The molecule has 5 rings (SSSR count). The lowest BCUT2D eigenvalue weighted by atomic mass is 9.68. The predicted octanol–water partition coefficient (Wildman–Crippen LogP) is 6.85. The average molecular weight is 565 g/mol. The van der Waals surface area contributed by atoms with Crippen LogP contribution in [0, 0.1) is 27.9 Å². The molecule has 2 amide bonds. The molecule has 2 saturated heterocycles. The first kappa shape index (κ1) is 28.1. The van der Waals surface area contributed by atoms with Gasteiger partial charge in [0.05, 0.1) is 40.2 Å². The third kappa shape index (κ3) is 5.18. The van der Waals surface area contributed by atoms with Gasteiger partial charge in [-0.05, 0) is 67.5 Å². The van der Waals surface area contributed by atoms with Gasteiger partial charge in [-0.3, -0.25) is 19.7 Å². The highest BCUT2D eigenvalue weighted by atomic mass is 35.5. The normalized spacial score (nSPS) is 24.5. The van der Waals surface area contributed by atoms with Crippen molar-refractivity contribution in [3.63, 3.8) is 0 Å². The average Bonchev–Trinajstić information content (AvgIpc) is 3.46. The second-order valence-electron chi connectivity index (χ2n) is 10.8. The minimum atomic E-state index is -0.524. The number of amides is 2. The first-order chi connectivity index (χ1) is 19.2. The Labute approximate surface area is 238 Å². The highest BCUT2D eigenvalue weighted by molar-refractivity contribution is 6.32. The first-order valence-electron chi connectivity index (χ1n) is 13.9. The van der Waals surface area contributed by atoms with Crippen molar-refractivity contribution >= 4 is 40.9 Å². The van der Waals surface area contributed by atoms with Crippen LogP contribution < -0.4 is 4.90 Å². The lowest BCUT2D eigenvalue weighted by molar-refractivity contribution is -0.384. The summed E-state index contributed by atoms with van der Waals surface area (Å²) < 4.78 is 6.33. The number of imide groups is 1. The number of anilines is 1. The van der Waals surface area contributed by atoms with Crippen LogP contribution in [0.4, 0.5) is 11.4 Å². The Bertz CT molecular complexity index is 1420. The summed E-state index contributed by atoms with van der Waals surface area (Å²) >= 11 is 6.33. The van der Waals surface area contributed by atoms with Crippen molar-refractivity contribution in [2.24, 2.45) is 17.8 Å².